The Labute approximate surface area is 115 Å². The molecule has 7 heteroatoms. The zero-order valence-corrected chi connectivity index (χ0v) is 10.2. The van der Waals surface area contributed by atoms with Crippen LogP contribution in [0.25, 0.3) is 11.1 Å². The number of hydrogen-bond acceptors (Lipinski definition) is 1. The summed E-state index contributed by atoms with van der Waals surface area (Å²) in [6.07, 6.45) is -4.75. The molecule has 21 heavy (non-hydrogen) atoms. The Balaban J connectivity index is 2.69. The van der Waals surface area contributed by atoms with E-state index in [2.05, 4.69) is 0 Å². The molecule has 2 aromatic carbocycles. The van der Waals surface area contributed by atoms with Crippen LogP contribution in [0.3, 0.4) is 0 Å². The summed E-state index contributed by atoms with van der Waals surface area (Å²) in [5.74, 6) is -4.26. The van der Waals surface area contributed by atoms with Crippen molar-refractivity contribution in [2.24, 2.45) is 0 Å². The molecule has 0 heterocycles. The highest BCUT2D eigenvalue weighted by atomic mass is 19.4. The molecule has 0 unspecified atom stereocenters. The second-order valence-corrected chi connectivity index (χ2v) is 4.16. The lowest BCUT2D eigenvalue weighted by Gasteiger charge is -2.14. The predicted octanol–water partition coefficient (Wildman–Crippen LogP) is 4.35. The maximum absolute atomic E-state index is 13.8. The van der Waals surface area contributed by atoms with Crippen LogP contribution in [0.4, 0.5) is 22.0 Å². The molecule has 2 nitrogen and oxygen atoms in total. The standard InChI is InChI=1S/C14H7F5O2/c15-11-6-9(13(20)21)12(16)5-8(11)7-3-1-2-4-10(7)14(17,18)19/h1-6H,(H,20,21). The summed E-state index contributed by atoms with van der Waals surface area (Å²) >= 11 is 0. The van der Waals surface area contributed by atoms with Crippen LogP contribution in [0.2, 0.25) is 0 Å². The van der Waals surface area contributed by atoms with Crippen LogP contribution < -0.4 is 0 Å². The molecule has 0 saturated heterocycles. The average Bonchev–Trinajstić information content (AvgIpc) is 2.39. The molecule has 110 valence electrons. The van der Waals surface area contributed by atoms with Crippen molar-refractivity contribution in [3.8, 4) is 11.1 Å². The van der Waals surface area contributed by atoms with E-state index in [-0.39, 0.29) is 0 Å². The summed E-state index contributed by atoms with van der Waals surface area (Å²) in [5.41, 5.74) is -3.28. The molecular weight excluding hydrogens is 295 g/mol. The fourth-order valence-electron chi connectivity index (χ4n) is 1.88. The molecule has 0 aliphatic rings. The highest BCUT2D eigenvalue weighted by Gasteiger charge is 2.34. The maximum Gasteiger partial charge on any atom is 0.417 e. The van der Waals surface area contributed by atoms with Crippen molar-refractivity contribution >= 4 is 5.97 Å². The Morgan fingerprint density at radius 2 is 1.57 bits per heavy atom. The molecule has 0 saturated carbocycles. The lowest BCUT2D eigenvalue weighted by atomic mass is 9.97. The van der Waals surface area contributed by atoms with Gasteiger partial charge in [-0.2, -0.15) is 13.2 Å². The summed E-state index contributed by atoms with van der Waals surface area (Å²) in [7, 11) is 0. The first kappa shape index (κ1) is 15.0. The van der Waals surface area contributed by atoms with Gasteiger partial charge >= 0.3 is 12.1 Å². The molecule has 2 rings (SSSR count). The zero-order valence-electron chi connectivity index (χ0n) is 10.2. The third-order valence-electron chi connectivity index (χ3n) is 2.81. The fraction of sp³-hybridized carbons (Fsp3) is 0.0714. The molecule has 0 atom stereocenters. The SMILES string of the molecule is O=C(O)c1cc(F)c(-c2ccccc2C(F)(F)F)cc1F. The van der Waals surface area contributed by atoms with E-state index in [1.807, 2.05) is 0 Å². The molecule has 0 bridgehead atoms. The van der Waals surface area contributed by atoms with Gasteiger partial charge in [0, 0.05) is 5.56 Å². The van der Waals surface area contributed by atoms with Crippen molar-refractivity contribution in [3.63, 3.8) is 0 Å². The van der Waals surface area contributed by atoms with Crippen molar-refractivity contribution in [1.29, 1.82) is 0 Å². The number of carbonyl (C=O) groups is 1. The Kier molecular flexibility index (Phi) is 3.67. The van der Waals surface area contributed by atoms with Crippen molar-refractivity contribution in [2.75, 3.05) is 0 Å². The van der Waals surface area contributed by atoms with Gasteiger partial charge in [-0.15, -0.1) is 0 Å². The van der Waals surface area contributed by atoms with Crippen molar-refractivity contribution < 1.29 is 31.9 Å². The summed E-state index contributed by atoms with van der Waals surface area (Å²) in [6, 6.07) is 4.89. The minimum absolute atomic E-state index is 0.361. The first-order valence-electron chi connectivity index (χ1n) is 5.60. The third-order valence-corrected chi connectivity index (χ3v) is 2.81. The third kappa shape index (κ3) is 2.86. The van der Waals surface area contributed by atoms with E-state index in [0.717, 1.165) is 18.2 Å². The number of halogens is 5. The molecule has 0 aliphatic carbocycles. The first-order valence-corrected chi connectivity index (χ1v) is 5.60. The minimum atomic E-state index is -4.75. The topological polar surface area (TPSA) is 37.3 Å². The van der Waals surface area contributed by atoms with Gasteiger partial charge in [0.1, 0.15) is 11.6 Å². The Bertz CT molecular complexity index is 707. The fourth-order valence-corrected chi connectivity index (χ4v) is 1.88. The van der Waals surface area contributed by atoms with E-state index in [4.69, 9.17) is 5.11 Å². The summed E-state index contributed by atoms with van der Waals surface area (Å²) in [4.78, 5) is 10.7. The van der Waals surface area contributed by atoms with Crippen LogP contribution in [-0.2, 0) is 6.18 Å². The molecular formula is C14H7F5O2. The quantitative estimate of drug-likeness (QED) is 0.837. The van der Waals surface area contributed by atoms with Crippen LogP contribution in [0, 0.1) is 11.6 Å². The van der Waals surface area contributed by atoms with Gasteiger partial charge in [-0.25, -0.2) is 13.6 Å². The highest BCUT2D eigenvalue weighted by molar-refractivity contribution is 5.89. The number of aromatic carboxylic acids is 1. The van der Waals surface area contributed by atoms with Gasteiger partial charge in [0.05, 0.1) is 11.1 Å². The minimum Gasteiger partial charge on any atom is -0.478 e. The lowest BCUT2D eigenvalue weighted by molar-refractivity contribution is -0.137. The Morgan fingerprint density at radius 3 is 2.14 bits per heavy atom. The molecule has 0 radical (unpaired) electrons. The molecule has 0 spiro atoms. The van der Waals surface area contributed by atoms with Crippen LogP contribution in [-0.4, -0.2) is 11.1 Å². The molecule has 2 aromatic rings. The highest BCUT2D eigenvalue weighted by Crippen LogP contribution is 2.38. The largest absolute Gasteiger partial charge is 0.478 e. The van der Waals surface area contributed by atoms with E-state index in [1.165, 1.54) is 6.07 Å². The second kappa shape index (κ2) is 5.16. The van der Waals surface area contributed by atoms with Gasteiger partial charge in [-0.3, -0.25) is 0 Å². The second-order valence-electron chi connectivity index (χ2n) is 4.16. The van der Waals surface area contributed by atoms with E-state index < -0.39 is 46.0 Å². The molecule has 0 aliphatic heterocycles. The normalized spacial score (nSPS) is 11.5. The van der Waals surface area contributed by atoms with Crippen molar-refractivity contribution in [1.82, 2.24) is 0 Å². The smallest absolute Gasteiger partial charge is 0.417 e. The molecule has 1 N–H and O–H groups in total. The van der Waals surface area contributed by atoms with E-state index in [0.29, 0.717) is 12.1 Å². The Hall–Kier alpha value is -2.44. The summed E-state index contributed by atoms with van der Waals surface area (Å²) in [5, 5.41) is 8.65. The molecule has 0 amide bonds. The van der Waals surface area contributed by atoms with Gasteiger partial charge in [0.15, 0.2) is 0 Å². The number of carboxylic acids is 1. The maximum atomic E-state index is 13.8. The van der Waals surface area contributed by atoms with Gasteiger partial charge in [0.25, 0.3) is 0 Å². The first-order chi connectivity index (χ1) is 9.71. The van der Waals surface area contributed by atoms with E-state index in [1.54, 1.807) is 0 Å². The van der Waals surface area contributed by atoms with Crippen molar-refractivity contribution in [3.05, 3.63) is 59.2 Å². The number of rotatable bonds is 2. The number of benzene rings is 2. The summed E-state index contributed by atoms with van der Waals surface area (Å²) in [6.45, 7) is 0. The van der Waals surface area contributed by atoms with Gasteiger partial charge in [-0.05, 0) is 23.8 Å². The van der Waals surface area contributed by atoms with Crippen LogP contribution >= 0.6 is 0 Å². The number of carboxylic acid groups (broad SMARTS) is 1. The molecule has 0 fully saturated rings. The van der Waals surface area contributed by atoms with Crippen LogP contribution in [0.5, 0.6) is 0 Å². The van der Waals surface area contributed by atoms with Gasteiger partial charge in [0.2, 0.25) is 0 Å². The van der Waals surface area contributed by atoms with E-state index in [9.17, 15) is 26.7 Å². The van der Waals surface area contributed by atoms with Crippen LogP contribution in [0.1, 0.15) is 15.9 Å². The summed E-state index contributed by atoms with van der Waals surface area (Å²) < 4.78 is 66.0. The zero-order chi connectivity index (χ0) is 15.8. The van der Waals surface area contributed by atoms with Crippen molar-refractivity contribution in [2.45, 2.75) is 6.18 Å². The number of hydrogen-bond donors (Lipinski definition) is 1. The number of alkyl halides is 3. The molecule has 0 aromatic heterocycles. The lowest BCUT2D eigenvalue weighted by Crippen LogP contribution is -2.08. The predicted molar refractivity (Wildman–Crippen MR) is 63.8 cm³/mol. The monoisotopic (exact) mass is 302 g/mol. The van der Waals surface area contributed by atoms with Gasteiger partial charge in [-0.1, -0.05) is 18.2 Å². The average molecular weight is 302 g/mol. The van der Waals surface area contributed by atoms with Gasteiger partial charge < -0.3 is 5.11 Å². The van der Waals surface area contributed by atoms with E-state index >= 15 is 0 Å². The Morgan fingerprint density at radius 1 is 0.952 bits per heavy atom. The van der Waals surface area contributed by atoms with Crippen LogP contribution in [0.15, 0.2) is 36.4 Å².